The summed E-state index contributed by atoms with van der Waals surface area (Å²) < 4.78 is 16.0. The van der Waals surface area contributed by atoms with E-state index in [9.17, 15) is 14.4 Å². The maximum atomic E-state index is 13.2. The SMILES string of the molecule is CCc1cc(=O)oc2cc(OCC(=O)N3Cc4[nH]c5ccccc5c4C[C@@H]3C(=O)OC)ccc12. The van der Waals surface area contributed by atoms with Gasteiger partial charge in [-0.3, -0.25) is 4.79 Å². The molecule has 0 spiro atoms. The molecule has 8 heteroatoms. The van der Waals surface area contributed by atoms with Crippen molar-refractivity contribution in [1.82, 2.24) is 9.88 Å². The first-order valence-corrected chi connectivity index (χ1v) is 11.1. The van der Waals surface area contributed by atoms with Crippen molar-refractivity contribution in [1.29, 1.82) is 0 Å². The van der Waals surface area contributed by atoms with Crippen LogP contribution in [0.2, 0.25) is 0 Å². The second kappa shape index (κ2) is 8.70. The van der Waals surface area contributed by atoms with Gasteiger partial charge in [0.2, 0.25) is 0 Å². The van der Waals surface area contributed by atoms with Crippen LogP contribution in [0.3, 0.4) is 0 Å². The molecule has 2 aromatic carbocycles. The molecule has 174 valence electrons. The van der Waals surface area contributed by atoms with E-state index in [4.69, 9.17) is 13.9 Å². The number of carbonyl (C=O) groups is 2. The van der Waals surface area contributed by atoms with Gasteiger partial charge in [-0.2, -0.15) is 0 Å². The third kappa shape index (κ3) is 3.81. The topological polar surface area (TPSA) is 102 Å². The van der Waals surface area contributed by atoms with Crippen LogP contribution in [0.25, 0.3) is 21.9 Å². The van der Waals surface area contributed by atoms with Crippen molar-refractivity contribution < 1.29 is 23.5 Å². The molecule has 0 saturated heterocycles. The van der Waals surface area contributed by atoms with Crippen LogP contribution in [-0.2, 0) is 33.7 Å². The van der Waals surface area contributed by atoms with Crippen LogP contribution in [0.15, 0.2) is 57.7 Å². The Balaban J connectivity index is 1.38. The molecule has 0 unspecified atom stereocenters. The van der Waals surface area contributed by atoms with Crippen LogP contribution in [0.1, 0.15) is 23.7 Å². The molecule has 1 aliphatic heterocycles. The molecule has 0 radical (unpaired) electrons. The second-order valence-corrected chi connectivity index (χ2v) is 8.28. The number of H-pyrrole nitrogens is 1. The number of aromatic nitrogens is 1. The molecule has 1 aliphatic rings. The average molecular weight is 460 g/mol. The predicted molar refractivity (Wildman–Crippen MR) is 126 cm³/mol. The number of aromatic amines is 1. The number of hydrogen-bond donors (Lipinski definition) is 1. The number of aryl methyl sites for hydroxylation is 1. The van der Waals surface area contributed by atoms with E-state index in [-0.39, 0.29) is 19.1 Å². The molecular formula is C26H24N2O6. The fourth-order valence-corrected chi connectivity index (χ4v) is 4.64. The van der Waals surface area contributed by atoms with E-state index in [1.54, 1.807) is 12.1 Å². The normalized spacial score (nSPS) is 15.4. The lowest BCUT2D eigenvalue weighted by molar-refractivity contribution is -0.154. The first-order chi connectivity index (χ1) is 16.5. The van der Waals surface area contributed by atoms with Crippen molar-refractivity contribution in [3.63, 3.8) is 0 Å². The van der Waals surface area contributed by atoms with E-state index in [1.165, 1.54) is 18.1 Å². The molecule has 0 bridgehead atoms. The third-order valence-corrected chi connectivity index (χ3v) is 6.34. The fraction of sp³-hybridized carbons (Fsp3) is 0.269. The molecule has 0 saturated carbocycles. The van der Waals surface area contributed by atoms with Crippen molar-refractivity contribution in [3.05, 3.63) is 75.8 Å². The Morgan fingerprint density at radius 2 is 1.97 bits per heavy atom. The van der Waals surface area contributed by atoms with Gasteiger partial charge < -0.3 is 23.8 Å². The first-order valence-electron chi connectivity index (χ1n) is 11.1. The maximum Gasteiger partial charge on any atom is 0.336 e. The number of amides is 1. The Bertz CT molecular complexity index is 1470. The summed E-state index contributed by atoms with van der Waals surface area (Å²) in [6, 6.07) is 13.7. The molecule has 1 N–H and O–H groups in total. The smallest absolute Gasteiger partial charge is 0.336 e. The summed E-state index contributed by atoms with van der Waals surface area (Å²) in [5.74, 6) is -0.414. The van der Waals surface area contributed by atoms with Crippen molar-refractivity contribution >= 4 is 33.7 Å². The highest BCUT2D eigenvalue weighted by molar-refractivity contribution is 5.90. The second-order valence-electron chi connectivity index (χ2n) is 8.28. The zero-order chi connectivity index (χ0) is 23.8. The van der Waals surface area contributed by atoms with Crippen LogP contribution >= 0.6 is 0 Å². The molecule has 0 fully saturated rings. The van der Waals surface area contributed by atoms with E-state index < -0.39 is 17.6 Å². The molecule has 1 atom stereocenters. The summed E-state index contributed by atoms with van der Waals surface area (Å²) in [5, 5.41) is 1.87. The summed E-state index contributed by atoms with van der Waals surface area (Å²) in [6.45, 7) is 1.94. The minimum Gasteiger partial charge on any atom is -0.484 e. The quantitative estimate of drug-likeness (QED) is 0.362. The summed E-state index contributed by atoms with van der Waals surface area (Å²) in [7, 11) is 1.32. The molecule has 1 amide bonds. The van der Waals surface area contributed by atoms with E-state index in [2.05, 4.69) is 4.98 Å². The number of carbonyl (C=O) groups excluding carboxylic acids is 2. The van der Waals surface area contributed by atoms with Crippen LogP contribution in [0.5, 0.6) is 5.75 Å². The van der Waals surface area contributed by atoms with Gasteiger partial charge in [-0.1, -0.05) is 25.1 Å². The first kappa shape index (κ1) is 21.8. The van der Waals surface area contributed by atoms with Gasteiger partial charge in [0.25, 0.3) is 5.91 Å². The molecule has 4 aromatic rings. The number of fused-ring (bicyclic) bond motifs is 4. The monoisotopic (exact) mass is 460 g/mol. The van der Waals surface area contributed by atoms with Gasteiger partial charge >= 0.3 is 11.6 Å². The highest BCUT2D eigenvalue weighted by Gasteiger charge is 2.37. The minimum absolute atomic E-state index is 0.248. The zero-order valence-electron chi connectivity index (χ0n) is 18.9. The van der Waals surface area contributed by atoms with Gasteiger partial charge in [-0.25, -0.2) is 9.59 Å². The van der Waals surface area contributed by atoms with Gasteiger partial charge in [-0.05, 0) is 35.7 Å². The number of nitrogens with one attached hydrogen (secondary N) is 1. The van der Waals surface area contributed by atoms with Crippen molar-refractivity contribution in [2.45, 2.75) is 32.4 Å². The van der Waals surface area contributed by atoms with E-state index in [0.717, 1.165) is 33.1 Å². The van der Waals surface area contributed by atoms with E-state index in [0.29, 0.717) is 24.2 Å². The number of esters is 1. The van der Waals surface area contributed by atoms with Gasteiger partial charge in [0.05, 0.1) is 13.7 Å². The summed E-state index contributed by atoms with van der Waals surface area (Å²) in [4.78, 5) is 42.4. The standard InChI is InChI=1S/C26H24N2O6/c1-3-15-10-25(30)34-23-11-16(8-9-17(15)23)33-14-24(29)28-13-21-19(12-22(28)26(31)32-2)18-6-4-5-7-20(18)27-21/h4-11,22,27H,3,12-14H2,1-2H3/t22-/m1/s1. The minimum atomic E-state index is -0.741. The number of methoxy groups -OCH3 is 1. The molecule has 3 heterocycles. The molecule has 2 aromatic heterocycles. The molecule has 5 rings (SSSR count). The highest BCUT2D eigenvalue weighted by atomic mass is 16.5. The number of ether oxygens (including phenoxy) is 2. The van der Waals surface area contributed by atoms with Gasteiger partial charge in [0.1, 0.15) is 17.4 Å². The lowest BCUT2D eigenvalue weighted by Crippen LogP contribution is -2.50. The van der Waals surface area contributed by atoms with Crippen LogP contribution in [0, 0.1) is 0 Å². The predicted octanol–water partition coefficient (Wildman–Crippen LogP) is 3.34. The summed E-state index contributed by atoms with van der Waals surface area (Å²) in [5.41, 5.74) is 3.74. The van der Waals surface area contributed by atoms with Gasteiger partial charge in [0, 0.05) is 40.5 Å². The van der Waals surface area contributed by atoms with Crippen molar-refractivity contribution in [2.75, 3.05) is 13.7 Å². The van der Waals surface area contributed by atoms with Crippen LogP contribution < -0.4 is 10.4 Å². The average Bonchev–Trinajstić information content (AvgIpc) is 3.22. The lowest BCUT2D eigenvalue weighted by atomic mass is 9.96. The molecular weight excluding hydrogens is 436 g/mol. The highest BCUT2D eigenvalue weighted by Crippen LogP contribution is 2.31. The lowest BCUT2D eigenvalue weighted by Gasteiger charge is -2.33. The number of hydrogen-bond acceptors (Lipinski definition) is 6. The summed E-state index contributed by atoms with van der Waals surface area (Å²) >= 11 is 0. The largest absolute Gasteiger partial charge is 0.484 e. The maximum absolute atomic E-state index is 13.2. The Hall–Kier alpha value is -4.07. The number of para-hydroxylation sites is 1. The third-order valence-electron chi connectivity index (χ3n) is 6.34. The Morgan fingerprint density at radius 1 is 1.15 bits per heavy atom. The van der Waals surface area contributed by atoms with Crippen LogP contribution in [0.4, 0.5) is 0 Å². The van der Waals surface area contributed by atoms with Gasteiger partial charge in [0.15, 0.2) is 6.61 Å². The van der Waals surface area contributed by atoms with Crippen molar-refractivity contribution in [2.24, 2.45) is 0 Å². The molecule has 0 aliphatic carbocycles. The van der Waals surface area contributed by atoms with Crippen molar-refractivity contribution in [3.8, 4) is 5.75 Å². The number of rotatable bonds is 5. The Kier molecular flexibility index (Phi) is 5.57. The molecule has 34 heavy (non-hydrogen) atoms. The van der Waals surface area contributed by atoms with E-state index in [1.807, 2.05) is 37.3 Å². The Morgan fingerprint density at radius 3 is 2.76 bits per heavy atom. The number of nitrogens with zero attached hydrogens (tertiary/aromatic N) is 1. The Labute approximate surface area is 195 Å². The van der Waals surface area contributed by atoms with E-state index >= 15 is 0 Å². The zero-order valence-corrected chi connectivity index (χ0v) is 18.9. The van der Waals surface area contributed by atoms with Crippen LogP contribution in [-0.4, -0.2) is 41.5 Å². The fourth-order valence-electron chi connectivity index (χ4n) is 4.64. The summed E-state index contributed by atoms with van der Waals surface area (Å²) in [6.07, 6.45) is 1.05. The van der Waals surface area contributed by atoms with Gasteiger partial charge in [-0.15, -0.1) is 0 Å². The molecule has 8 nitrogen and oxygen atoms in total. The number of benzene rings is 2.